The summed E-state index contributed by atoms with van der Waals surface area (Å²) in [5, 5.41) is -0.420. The van der Waals surface area contributed by atoms with Gasteiger partial charge in [-0.1, -0.05) is 6.07 Å². The fourth-order valence-electron chi connectivity index (χ4n) is 2.94. The summed E-state index contributed by atoms with van der Waals surface area (Å²) in [6, 6.07) is 7.98. The fourth-order valence-corrected chi connectivity index (χ4v) is 3.09. The second-order valence-corrected chi connectivity index (χ2v) is 5.80. The molecule has 20 heavy (non-hydrogen) atoms. The molecule has 1 aromatic rings. The van der Waals surface area contributed by atoms with Crippen LogP contribution in [0.15, 0.2) is 24.3 Å². The third kappa shape index (κ3) is 2.52. The number of anilines is 2. The Balaban J connectivity index is 1.81. The van der Waals surface area contributed by atoms with Gasteiger partial charge in [-0.3, -0.25) is 9.59 Å². The van der Waals surface area contributed by atoms with E-state index in [1.807, 2.05) is 18.2 Å². The van der Waals surface area contributed by atoms with Gasteiger partial charge in [-0.25, -0.2) is 0 Å². The van der Waals surface area contributed by atoms with E-state index < -0.39 is 5.24 Å². The molecule has 1 amide bonds. The summed E-state index contributed by atoms with van der Waals surface area (Å²) >= 11 is 5.51. The highest BCUT2D eigenvalue weighted by atomic mass is 35.5. The van der Waals surface area contributed by atoms with Gasteiger partial charge in [0.1, 0.15) is 0 Å². The van der Waals surface area contributed by atoms with Crippen molar-refractivity contribution < 1.29 is 9.59 Å². The molecule has 2 aliphatic rings. The molecule has 2 saturated heterocycles. The summed E-state index contributed by atoms with van der Waals surface area (Å²) in [4.78, 5) is 27.2. The van der Waals surface area contributed by atoms with E-state index in [1.54, 1.807) is 4.90 Å². The molecule has 0 spiro atoms. The number of rotatable bonds is 3. The van der Waals surface area contributed by atoms with E-state index in [-0.39, 0.29) is 18.2 Å². The van der Waals surface area contributed by atoms with Crippen molar-refractivity contribution >= 4 is 34.1 Å². The Kier molecular flexibility index (Phi) is 3.66. The fraction of sp³-hybridized carbons (Fsp3) is 0.467. The van der Waals surface area contributed by atoms with Crippen molar-refractivity contribution in [2.45, 2.75) is 19.3 Å². The van der Waals surface area contributed by atoms with Gasteiger partial charge in [-0.2, -0.15) is 0 Å². The van der Waals surface area contributed by atoms with Gasteiger partial charge in [0.15, 0.2) is 0 Å². The summed E-state index contributed by atoms with van der Waals surface area (Å²) < 4.78 is 0. The zero-order chi connectivity index (χ0) is 14.1. The molecule has 2 aliphatic heterocycles. The summed E-state index contributed by atoms with van der Waals surface area (Å²) in [6.45, 7) is 2.53. The monoisotopic (exact) mass is 292 g/mol. The molecule has 0 aliphatic carbocycles. The number of carbonyl (C=O) groups is 2. The van der Waals surface area contributed by atoms with Crippen LogP contribution in [0.25, 0.3) is 0 Å². The Hall–Kier alpha value is -1.55. The predicted octanol–water partition coefficient (Wildman–Crippen LogP) is 2.41. The number of hydrogen-bond donors (Lipinski definition) is 0. The first-order chi connectivity index (χ1) is 9.65. The molecule has 5 heteroatoms. The van der Waals surface area contributed by atoms with E-state index >= 15 is 0 Å². The molecule has 2 fully saturated rings. The first kappa shape index (κ1) is 13.4. The van der Waals surface area contributed by atoms with Crippen molar-refractivity contribution in [1.29, 1.82) is 0 Å². The summed E-state index contributed by atoms with van der Waals surface area (Å²) in [5.41, 5.74) is 2.01. The van der Waals surface area contributed by atoms with Crippen LogP contribution in [0.4, 0.5) is 11.4 Å². The van der Waals surface area contributed by atoms with Crippen LogP contribution < -0.4 is 9.80 Å². The Morgan fingerprint density at radius 1 is 1.20 bits per heavy atom. The summed E-state index contributed by atoms with van der Waals surface area (Å²) in [6.07, 6.45) is 2.65. The van der Waals surface area contributed by atoms with Crippen LogP contribution in [0.1, 0.15) is 19.3 Å². The number of halogens is 1. The van der Waals surface area contributed by atoms with Crippen LogP contribution in [-0.4, -0.2) is 30.8 Å². The minimum Gasteiger partial charge on any atom is -0.371 e. The van der Waals surface area contributed by atoms with E-state index in [1.165, 1.54) is 12.8 Å². The Bertz CT molecular complexity index is 540. The number of amides is 1. The van der Waals surface area contributed by atoms with Crippen molar-refractivity contribution in [3.05, 3.63) is 24.3 Å². The molecule has 106 valence electrons. The van der Waals surface area contributed by atoms with Crippen molar-refractivity contribution in [3.63, 3.8) is 0 Å². The molecule has 0 unspecified atom stereocenters. The second-order valence-electron chi connectivity index (χ2n) is 5.42. The van der Waals surface area contributed by atoms with Gasteiger partial charge < -0.3 is 9.80 Å². The second kappa shape index (κ2) is 5.44. The third-order valence-corrected chi connectivity index (χ3v) is 4.37. The van der Waals surface area contributed by atoms with Gasteiger partial charge in [0.05, 0.1) is 5.92 Å². The van der Waals surface area contributed by atoms with Crippen LogP contribution >= 0.6 is 11.6 Å². The minimum absolute atomic E-state index is 0.0254. The van der Waals surface area contributed by atoms with Gasteiger partial charge in [0.25, 0.3) is 0 Å². The van der Waals surface area contributed by atoms with E-state index in [0.717, 1.165) is 24.5 Å². The smallest absolute Gasteiger partial charge is 0.227 e. The zero-order valence-corrected chi connectivity index (χ0v) is 12.0. The lowest BCUT2D eigenvalue weighted by Crippen LogP contribution is -2.25. The van der Waals surface area contributed by atoms with E-state index in [4.69, 9.17) is 11.6 Å². The van der Waals surface area contributed by atoms with E-state index in [0.29, 0.717) is 6.54 Å². The Labute approximate surface area is 123 Å². The molecule has 4 nitrogen and oxygen atoms in total. The Morgan fingerprint density at radius 3 is 2.55 bits per heavy atom. The van der Waals surface area contributed by atoms with Crippen molar-refractivity contribution in [3.8, 4) is 0 Å². The van der Waals surface area contributed by atoms with E-state index in [9.17, 15) is 9.59 Å². The summed E-state index contributed by atoms with van der Waals surface area (Å²) in [5.74, 6) is -0.401. The first-order valence-electron chi connectivity index (χ1n) is 7.00. The number of carbonyl (C=O) groups excluding carboxylic acids is 2. The van der Waals surface area contributed by atoms with E-state index in [2.05, 4.69) is 11.0 Å². The lowest BCUT2D eigenvalue weighted by molar-refractivity contribution is -0.120. The molecular weight excluding hydrogens is 276 g/mol. The predicted molar refractivity (Wildman–Crippen MR) is 79.2 cm³/mol. The zero-order valence-electron chi connectivity index (χ0n) is 11.2. The lowest BCUT2D eigenvalue weighted by atomic mass is 10.1. The molecule has 0 N–H and O–H groups in total. The highest BCUT2D eigenvalue weighted by Crippen LogP contribution is 2.30. The number of hydrogen-bond acceptors (Lipinski definition) is 3. The highest BCUT2D eigenvalue weighted by molar-refractivity contribution is 6.64. The van der Waals surface area contributed by atoms with Gasteiger partial charge in [-0.05, 0) is 42.6 Å². The van der Waals surface area contributed by atoms with Crippen molar-refractivity contribution in [2.24, 2.45) is 5.92 Å². The number of benzene rings is 1. The van der Waals surface area contributed by atoms with Crippen LogP contribution in [-0.2, 0) is 9.59 Å². The normalized spacial score (nSPS) is 22.6. The van der Waals surface area contributed by atoms with Crippen molar-refractivity contribution in [1.82, 2.24) is 0 Å². The quantitative estimate of drug-likeness (QED) is 0.803. The Morgan fingerprint density at radius 2 is 1.90 bits per heavy atom. The van der Waals surface area contributed by atoms with Gasteiger partial charge in [0, 0.05) is 37.4 Å². The number of nitrogens with zero attached hydrogens (tertiary/aromatic N) is 2. The van der Waals surface area contributed by atoms with Crippen LogP contribution in [0.3, 0.4) is 0 Å². The van der Waals surface area contributed by atoms with Crippen LogP contribution in [0.2, 0.25) is 0 Å². The van der Waals surface area contributed by atoms with Crippen molar-refractivity contribution in [2.75, 3.05) is 29.4 Å². The van der Waals surface area contributed by atoms with Gasteiger partial charge in [-0.15, -0.1) is 0 Å². The average molecular weight is 293 g/mol. The molecule has 0 radical (unpaired) electrons. The first-order valence-corrected chi connectivity index (χ1v) is 7.37. The maximum absolute atomic E-state index is 12.0. The van der Waals surface area contributed by atoms with Crippen LogP contribution in [0.5, 0.6) is 0 Å². The minimum atomic E-state index is -0.420. The molecule has 3 rings (SSSR count). The standard InChI is InChI=1S/C15H17ClN2O2/c16-15(20)11-8-14(19)18(10-11)13-5-3-4-12(9-13)17-6-1-2-7-17/h3-5,9,11H,1-2,6-8,10H2/t11-/m1/s1. The highest BCUT2D eigenvalue weighted by Gasteiger charge is 2.34. The lowest BCUT2D eigenvalue weighted by Gasteiger charge is -2.21. The third-order valence-electron chi connectivity index (χ3n) is 4.06. The average Bonchev–Trinajstić information content (AvgIpc) is 3.08. The van der Waals surface area contributed by atoms with Gasteiger partial charge in [0.2, 0.25) is 11.1 Å². The maximum Gasteiger partial charge on any atom is 0.227 e. The SMILES string of the molecule is O=C(Cl)[C@@H]1CC(=O)N(c2cccc(N3CCCC3)c2)C1. The summed E-state index contributed by atoms with van der Waals surface area (Å²) in [7, 11) is 0. The van der Waals surface area contributed by atoms with Gasteiger partial charge >= 0.3 is 0 Å². The largest absolute Gasteiger partial charge is 0.371 e. The molecule has 0 saturated carbocycles. The molecule has 0 bridgehead atoms. The maximum atomic E-state index is 12.0. The molecule has 1 aromatic carbocycles. The molecule has 0 aromatic heterocycles. The molecule has 1 atom stereocenters. The molecule has 2 heterocycles. The topological polar surface area (TPSA) is 40.6 Å². The van der Waals surface area contributed by atoms with Crippen LogP contribution in [0, 0.1) is 5.92 Å². The molecular formula is C15H17ClN2O2.